The average molecular weight is 382 g/mol. The molecule has 4 rings (SSSR count). The van der Waals surface area contributed by atoms with E-state index in [0.717, 1.165) is 37.1 Å². The van der Waals surface area contributed by atoms with Crippen molar-refractivity contribution in [2.75, 3.05) is 18.0 Å². The second kappa shape index (κ2) is 7.92. The third-order valence-corrected chi connectivity index (χ3v) is 5.83. The van der Waals surface area contributed by atoms with E-state index in [4.69, 9.17) is 4.52 Å². The first kappa shape index (κ1) is 17.7. The van der Waals surface area contributed by atoms with Gasteiger partial charge in [0.15, 0.2) is 0 Å². The van der Waals surface area contributed by atoms with Crippen LogP contribution in [0.15, 0.2) is 46.3 Å². The van der Waals surface area contributed by atoms with Gasteiger partial charge in [-0.25, -0.2) is 0 Å². The maximum atomic E-state index is 12.4. The smallest absolute Gasteiger partial charge is 0.324 e. The number of benzene rings is 1. The van der Waals surface area contributed by atoms with Gasteiger partial charge in [-0.15, -0.1) is 11.3 Å². The highest BCUT2D eigenvalue weighted by atomic mass is 32.1. The molecule has 6 nitrogen and oxygen atoms in total. The number of thiophene rings is 1. The molecule has 1 aliphatic rings. The van der Waals surface area contributed by atoms with E-state index in [1.54, 1.807) is 11.3 Å². The first-order chi connectivity index (χ1) is 13.2. The molecule has 3 heterocycles. The summed E-state index contributed by atoms with van der Waals surface area (Å²) in [5, 5.41) is 9.19. The van der Waals surface area contributed by atoms with Crippen molar-refractivity contribution >= 4 is 23.3 Å². The minimum Gasteiger partial charge on any atom is -0.351 e. The Morgan fingerprint density at radius 3 is 2.81 bits per heavy atom. The van der Waals surface area contributed by atoms with Crippen LogP contribution in [-0.2, 0) is 11.3 Å². The van der Waals surface area contributed by atoms with Crippen LogP contribution in [0.3, 0.4) is 0 Å². The van der Waals surface area contributed by atoms with Gasteiger partial charge >= 0.3 is 6.01 Å². The van der Waals surface area contributed by atoms with Crippen LogP contribution in [0.4, 0.5) is 6.01 Å². The van der Waals surface area contributed by atoms with Crippen molar-refractivity contribution in [3.8, 4) is 11.4 Å². The van der Waals surface area contributed by atoms with Gasteiger partial charge in [0, 0.05) is 29.4 Å². The van der Waals surface area contributed by atoms with Gasteiger partial charge in [0.1, 0.15) is 0 Å². The SMILES string of the molecule is Cc1ccccc1-c1noc(N2CCC(C(=O)NCc3cccs3)CC2)n1. The number of nitrogens with one attached hydrogen (secondary N) is 1. The van der Waals surface area contributed by atoms with Crippen LogP contribution in [0.5, 0.6) is 0 Å². The maximum Gasteiger partial charge on any atom is 0.324 e. The number of nitrogens with zero attached hydrogens (tertiary/aromatic N) is 3. The number of carbonyl (C=O) groups excluding carboxylic acids is 1. The molecular weight excluding hydrogens is 360 g/mol. The van der Waals surface area contributed by atoms with Crippen molar-refractivity contribution in [1.29, 1.82) is 0 Å². The summed E-state index contributed by atoms with van der Waals surface area (Å²) in [7, 11) is 0. The van der Waals surface area contributed by atoms with Crippen LogP contribution in [0, 0.1) is 12.8 Å². The second-order valence-electron chi connectivity index (χ2n) is 6.77. The third kappa shape index (κ3) is 4.03. The normalized spacial score (nSPS) is 15.1. The number of hydrogen-bond donors (Lipinski definition) is 1. The molecule has 1 fully saturated rings. The number of hydrogen-bond acceptors (Lipinski definition) is 6. The number of amides is 1. The van der Waals surface area contributed by atoms with Crippen LogP contribution in [0.25, 0.3) is 11.4 Å². The number of anilines is 1. The molecule has 1 N–H and O–H groups in total. The van der Waals surface area contributed by atoms with Crippen molar-refractivity contribution in [1.82, 2.24) is 15.5 Å². The van der Waals surface area contributed by atoms with E-state index >= 15 is 0 Å². The highest BCUT2D eigenvalue weighted by Gasteiger charge is 2.27. The monoisotopic (exact) mass is 382 g/mol. The van der Waals surface area contributed by atoms with Crippen molar-refractivity contribution in [3.05, 3.63) is 52.2 Å². The van der Waals surface area contributed by atoms with Crippen LogP contribution in [-0.4, -0.2) is 29.1 Å². The molecule has 0 spiro atoms. The summed E-state index contributed by atoms with van der Waals surface area (Å²) < 4.78 is 5.47. The van der Waals surface area contributed by atoms with Crippen molar-refractivity contribution in [3.63, 3.8) is 0 Å². The highest BCUT2D eigenvalue weighted by Crippen LogP contribution is 2.26. The maximum absolute atomic E-state index is 12.4. The van der Waals surface area contributed by atoms with E-state index in [1.807, 2.05) is 48.7 Å². The largest absolute Gasteiger partial charge is 0.351 e. The molecule has 1 aliphatic heterocycles. The van der Waals surface area contributed by atoms with Gasteiger partial charge in [-0.05, 0) is 36.8 Å². The minimum atomic E-state index is 0.0416. The van der Waals surface area contributed by atoms with Gasteiger partial charge in [0.25, 0.3) is 0 Å². The van der Waals surface area contributed by atoms with E-state index in [-0.39, 0.29) is 11.8 Å². The fourth-order valence-corrected chi connectivity index (χ4v) is 3.99. The van der Waals surface area contributed by atoms with E-state index in [1.165, 1.54) is 4.88 Å². The molecule has 140 valence electrons. The first-order valence-corrected chi connectivity index (χ1v) is 10.0. The molecule has 2 aromatic heterocycles. The Bertz CT molecular complexity index is 898. The molecule has 0 atom stereocenters. The van der Waals surface area contributed by atoms with Gasteiger partial charge in [-0.3, -0.25) is 4.79 Å². The quantitative estimate of drug-likeness (QED) is 0.729. The highest BCUT2D eigenvalue weighted by molar-refractivity contribution is 7.09. The molecule has 7 heteroatoms. The molecular formula is C20H22N4O2S. The van der Waals surface area contributed by atoms with Gasteiger partial charge in [0.2, 0.25) is 11.7 Å². The molecule has 27 heavy (non-hydrogen) atoms. The number of rotatable bonds is 5. The molecule has 1 saturated heterocycles. The predicted molar refractivity (Wildman–Crippen MR) is 106 cm³/mol. The number of aryl methyl sites for hydroxylation is 1. The number of aromatic nitrogens is 2. The first-order valence-electron chi connectivity index (χ1n) is 9.15. The Morgan fingerprint density at radius 1 is 1.26 bits per heavy atom. The molecule has 0 aliphatic carbocycles. The third-order valence-electron chi connectivity index (χ3n) is 4.95. The Balaban J connectivity index is 1.33. The lowest BCUT2D eigenvalue weighted by molar-refractivity contribution is -0.125. The van der Waals surface area contributed by atoms with Crippen molar-refractivity contribution < 1.29 is 9.32 Å². The lowest BCUT2D eigenvalue weighted by atomic mass is 9.96. The van der Waals surface area contributed by atoms with Gasteiger partial charge in [-0.1, -0.05) is 35.5 Å². The van der Waals surface area contributed by atoms with E-state index < -0.39 is 0 Å². The summed E-state index contributed by atoms with van der Waals surface area (Å²) >= 11 is 1.66. The molecule has 3 aromatic rings. The summed E-state index contributed by atoms with van der Waals surface area (Å²) in [5.74, 6) is 0.785. The molecule has 0 saturated carbocycles. The Morgan fingerprint density at radius 2 is 2.07 bits per heavy atom. The van der Waals surface area contributed by atoms with Gasteiger partial charge in [-0.2, -0.15) is 4.98 Å². The van der Waals surface area contributed by atoms with E-state index in [9.17, 15) is 4.79 Å². The molecule has 0 unspecified atom stereocenters. The summed E-state index contributed by atoms with van der Waals surface area (Å²) in [6.07, 6.45) is 1.58. The molecule has 0 radical (unpaired) electrons. The number of carbonyl (C=O) groups is 1. The Hall–Kier alpha value is -2.67. The van der Waals surface area contributed by atoms with Crippen LogP contribution >= 0.6 is 11.3 Å². The number of piperidine rings is 1. The summed E-state index contributed by atoms with van der Waals surface area (Å²) in [6, 6.07) is 12.6. The zero-order chi connectivity index (χ0) is 18.6. The summed E-state index contributed by atoms with van der Waals surface area (Å²) in [5.41, 5.74) is 2.10. The molecule has 0 bridgehead atoms. The van der Waals surface area contributed by atoms with Crippen molar-refractivity contribution in [2.24, 2.45) is 5.92 Å². The summed E-state index contributed by atoms with van der Waals surface area (Å²) in [6.45, 7) is 4.13. The standard InChI is InChI=1S/C20H22N4O2S/c1-14-5-2-3-7-17(14)18-22-20(26-23-18)24-10-8-15(9-11-24)19(25)21-13-16-6-4-12-27-16/h2-7,12,15H,8-11,13H2,1H3,(H,21,25). The van der Waals surface area contributed by atoms with Gasteiger partial charge in [0.05, 0.1) is 6.54 Å². The van der Waals surface area contributed by atoms with E-state index in [2.05, 4.69) is 20.4 Å². The molecule has 1 aromatic carbocycles. The summed E-state index contributed by atoms with van der Waals surface area (Å²) in [4.78, 5) is 20.2. The average Bonchev–Trinajstić information content (AvgIpc) is 3.39. The van der Waals surface area contributed by atoms with E-state index in [0.29, 0.717) is 18.4 Å². The predicted octanol–water partition coefficient (Wildman–Crippen LogP) is 3.64. The fourth-order valence-electron chi connectivity index (χ4n) is 3.34. The van der Waals surface area contributed by atoms with Gasteiger partial charge < -0.3 is 14.7 Å². The zero-order valence-corrected chi connectivity index (χ0v) is 16.0. The van der Waals surface area contributed by atoms with Crippen LogP contribution in [0.1, 0.15) is 23.3 Å². The second-order valence-corrected chi connectivity index (χ2v) is 7.81. The van der Waals surface area contributed by atoms with Crippen molar-refractivity contribution in [2.45, 2.75) is 26.3 Å². The lowest BCUT2D eigenvalue weighted by Gasteiger charge is -2.29. The Kier molecular flexibility index (Phi) is 5.20. The molecule has 1 amide bonds. The zero-order valence-electron chi connectivity index (χ0n) is 15.2. The Labute approximate surface area is 162 Å². The topological polar surface area (TPSA) is 71.3 Å². The lowest BCUT2D eigenvalue weighted by Crippen LogP contribution is -2.40. The minimum absolute atomic E-state index is 0.0416. The van der Waals surface area contributed by atoms with Crippen LogP contribution in [0.2, 0.25) is 0 Å². The fraction of sp³-hybridized carbons (Fsp3) is 0.350. The van der Waals surface area contributed by atoms with Crippen LogP contribution < -0.4 is 10.2 Å².